The van der Waals surface area contributed by atoms with E-state index in [0.717, 1.165) is 24.9 Å². The number of hydrogen-bond donors (Lipinski definition) is 2. The van der Waals surface area contributed by atoms with E-state index in [4.69, 9.17) is 4.52 Å². The van der Waals surface area contributed by atoms with Crippen LogP contribution in [-0.4, -0.2) is 29.7 Å². The molecule has 1 aliphatic heterocycles. The van der Waals surface area contributed by atoms with E-state index in [2.05, 4.69) is 22.7 Å². The molecular formula is C16H19N3O2. The lowest BCUT2D eigenvalue weighted by Gasteiger charge is -2.28. The van der Waals surface area contributed by atoms with Crippen LogP contribution in [0.25, 0.3) is 11.3 Å². The maximum atomic E-state index is 12.2. The topological polar surface area (TPSA) is 67.2 Å². The highest BCUT2D eigenvalue weighted by Gasteiger charge is 2.22. The summed E-state index contributed by atoms with van der Waals surface area (Å²) in [6.45, 7) is 3.05. The number of carbonyl (C=O) groups is 1. The smallest absolute Gasteiger partial charge is 0.290 e. The average molecular weight is 285 g/mol. The molecule has 0 spiro atoms. The predicted molar refractivity (Wildman–Crippen MR) is 79.9 cm³/mol. The molecule has 1 aliphatic rings. The van der Waals surface area contributed by atoms with Gasteiger partial charge in [-0.2, -0.15) is 0 Å². The Bertz CT molecular complexity index is 609. The highest BCUT2D eigenvalue weighted by molar-refractivity contribution is 5.92. The number of hydrogen-bond acceptors (Lipinski definition) is 4. The van der Waals surface area contributed by atoms with Gasteiger partial charge in [0.2, 0.25) is 5.76 Å². The first-order valence-electron chi connectivity index (χ1n) is 7.29. The van der Waals surface area contributed by atoms with Crippen molar-refractivity contribution in [2.75, 3.05) is 6.54 Å². The number of nitrogens with one attached hydrogen (secondary N) is 2. The van der Waals surface area contributed by atoms with Crippen molar-refractivity contribution in [2.45, 2.75) is 31.8 Å². The number of rotatable bonds is 3. The second-order valence-corrected chi connectivity index (χ2v) is 5.49. The Balaban J connectivity index is 1.67. The van der Waals surface area contributed by atoms with Crippen LogP contribution in [0.5, 0.6) is 0 Å². The third-order valence-corrected chi connectivity index (χ3v) is 3.76. The van der Waals surface area contributed by atoms with Gasteiger partial charge in [0, 0.05) is 23.7 Å². The summed E-state index contributed by atoms with van der Waals surface area (Å²) in [5.41, 5.74) is 1.62. The number of piperidine rings is 1. The average Bonchev–Trinajstić information content (AvgIpc) is 2.98. The normalized spacial score (nSPS) is 22.0. The lowest BCUT2D eigenvalue weighted by molar-refractivity contribution is 0.0888. The molecule has 110 valence electrons. The Morgan fingerprint density at radius 3 is 2.95 bits per heavy atom. The van der Waals surface area contributed by atoms with Crippen molar-refractivity contribution in [3.8, 4) is 11.3 Å². The summed E-state index contributed by atoms with van der Waals surface area (Å²) in [6.07, 6.45) is 1.88. The van der Waals surface area contributed by atoms with E-state index in [1.165, 1.54) is 0 Å². The largest absolute Gasteiger partial charge is 0.350 e. The molecule has 3 rings (SSSR count). The van der Waals surface area contributed by atoms with Gasteiger partial charge in [-0.3, -0.25) is 4.79 Å². The van der Waals surface area contributed by atoms with Crippen molar-refractivity contribution in [1.82, 2.24) is 15.8 Å². The monoisotopic (exact) mass is 285 g/mol. The summed E-state index contributed by atoms with van der Waals surface area (Å²) in [5, 5.41) is 10.3. The summed E-state index contributed by atoms with van der Waals surface area (Å²) < 4.78 is 5.17. The fraction of sp³-hybridized carbons (Fsp3) is 0.375. The summed E-state index contributed by atoms with van der Waals surface area (Å²) in [4.78, 5) is 12.2. The van der Waals surface area contributed by atoms with Gasteiger partial charge in [0.25, 0.3) is 5.91 Å². The second-order valence-electron chi connectivity index (χ2n) is 5.49. The first kappa shape index (κ1) is 13.8. The van der Waals surface area contributed by atoms with Crippen LogP contribution in [0, 0.1) is 0 Å². The van der Waals surface area contributed by atoms with Crippen LogP contribution in [0.4, 0.5) is 0 Å². The van der Waals surface area contributed by atoms with Gasteiger partial charge in [0.05, 0.1) is 0 Å². The van der Waals surface area contributed by atoms with Gasteiger partial charge in [0.1, 0.15) is 5.69 Å². The number of aromatic nitrogens is 1. The van der Waals surface area contributed by atoms with Crippen molar-refractivity contribution >= 4 is 5.91 Å². The van der Waals surface area contributed by atoms with Crippen molar-refractivity contribution in [1.29, 1.82) is 0 Å². The van der Waals surface area contributed by atoms with E-state index in [9.17, 15) is 4.79 Å². The fourth-order valence-corrected chi connectivity index (χ4v) is 2.65. The fourth-order valence-electron chi connectivity index (χ4n) is 2.65. The standard InChI is InChI=1S/C16H19N3O2/c1-11-9-13(7-8-17-11)18-16(20)15-10-14(19-21-15)12-5-3-2-4-6-12/h2-6,10-11,13,17H,7-9H2,1H3,(H,18,20). The van der Waals surface area contributed by atoms with Crippen molar-refractivity contribution < 1.29 is 9.32 Å². The van der Waals surface area contributed by atoms with Crippen LogP contribution in [0.1, 0.15) is 30.3 Å². The minimum Gasteiger partial charge on any atom is -0.350 e. The zero-order valence-electron chi connectivity index (χ0n) is 12.0. The molecule has 21 heavy (non-hydrogen) atoms. The predicted octanol–water partition coefficient (Wildman–Crippen LogP) is 2.21. The maximum absolute atomic E-state index is 12.2. The summed E-state index contributed by atoms with van der Waals surface area (Å²) in [5.74, 6) is 0.0730. The molecule has 0 aliphatic carbocycles. The van der Waals surface area contributed by atoms with Crippen LogP contribution >= 0.6 is 0 Å². The van der Waals surface area contributed by atoms with Gasteiger partial charge in [-0.05, 0) is 26.3 Å². The Labute approximate surface area is 123 Å². The number of nitrogens with zero attached hydrogens (tertiary/aromatic N) is 1. The molecule has 1 amide bonds. The molecule has 0 bridgehead atoms. The minimum atomic E-state index is -0.191. The Morgan fingerprint density at radius 1 is 1.38 bits per heavy atom. The molecule has 2 aromatic rings. The molecule has 5 nitrogen and oxygen atoms in total. The zero-order chi connectivity index (χ0) is 14.7. The summed E-state index contributed by atoms with van der Waals surface area (Å²) in [7, 11) is 0. The number of benzene rings is 1. The highest BCUT2D eigenvalue weighted by atomic mass is 16.5. The van der Waals surface area contributed by atoms with Crippen LogP contribution < -0.4 is 10.6 Å². The van der Waals surface area contributed by atoms with Gasteiger partial charge in [-0.25, -0.2) is 0 Å². The SMILES string of the molecule is CC1CC(NC(=O)c2cc(-c3ccccc3)no2)CCN1. The second kappa shape index (κ2) is 6.10. The quantitative estimate of drug-likeness (QED) is 0.907. The highest BCUT2D eigenvalue weighted by Crippen LogP contribution is 2.19. The third kappa shape index (κ3) is 3.31. The first-order chi connectivity index (χ1) is 10.2. The van der Waals surface area contributed by atoms with Crippen LogP contribution in [0.15, 0.2) is 40.9 Å². The number of amides is 1. The van der Waals surface area contributed by atoms with Gasteiger partial charge in [0.15, 0.2) is 0 Å². The van der Waals surface area contributed by atoms with Gasteiger partial charge in [-0.1, -0.05) is 35.5 Å². The Kier molecular flexibility index (Phi) is 4.01. The van der Waals surface area contributed by atoms with E-state index >= 15 is 0 Å². The molecule has 0 saturated carbocycles. The van der Waals surface area contributed by atoms with Crippen LogP contribution in [0.3, 0.4) is 0 Å². The molecule has 2 atom stereocenters. The molecule has 5 heteroatoms. The number of carbonyl (C=O) groups excluding carboxylic acids is 1. The summed E-state index contributed by atoms with van der Waals surface area (Å²) >= 11 is 0. The molecular weight excluding hydrogens is 266 g/mol. The van der Waals surface area contributed by atoms with Gasteiger partial charge >= 0.3 is 0 Å². The van der Waals surface area contributed by atoms with Crippen LogP contribution in [-0.2, 0) is 0 Å². The first-order valence-corrected chi connectivity index (χ1v) is 7.29. The Hall–Kier alpha value is -2.14. The van der Waals surface area contributed by atoms with E-state index < -0.39 is 0 Å². The van der Waals surface area contributed by atoms with Crippen molar-refractivity contribution in [3.05, 3.63) is 42.2 Å². The van der Waals surface area contributed by atoms with Gasteiger partial charge < -0.3 is 15.2 Å². The van der Waals surface area contributed by atoms with Crippen LogP contribution in [0.2, 0.25) is 0 Å². The molecule has 2 heterocycles. The van der Waals surface area contributed by atoms with E-state index in [1.807, 2.05) is 30.3 Å². The lowest BCUT2D eigenvalue weighted by atomic mass is 10.0. The lowest BCUT2D eigenvalue weighted by Crippen LogP contribution is -2.46. The maximum Gasteiger partial charge on any atom is 0.290 e. The van der Waals surface area contributed by atoms with E-state index in [-0.39, 0.29) is 17.7 Å². The van der Waals surface area contributed by atoms with Crippen molar-refractivity contribution in [2.24, 2.45) is 0 Å². The zero-order valence-corrected chi connectivity index (χ0v) is 12.0. The summed E-state index contributed by atoms with van der Waals surface area (Å²) in [6, 6.07) is 12.0. The minimum absolute atomic E-state index is 0.191. The molecule has 1 aromatic carbocycles. The molecule has 2 unspecified atom stereocenters. The molecule has 0 radical (unpaired) electrons. The Morgan fingerprint density at radius 2 is 2.19 bits per heavy atom. The van der Waals surface area contributed by atoms with E-state index in [1.54, 1.807) is 6.07 Å². The van der Waals surface area contributed by atoms with Crippen molar-refractivity contribution in [3.63, 3.8) is 0 Å². The third-order valence-electron chi connectivity index (χ3n) is 3.76. The molecule has 2 N–H and O–H groups in total. The van der Waals surface area contributed by atoms with Gasteiger partial charge in [-0.15, -0.1) is 0 Å². The molecule has 1 aromatic heterocycles. The van der Waals surface area contributed by atoms with E-state index in [0.29, 0.717) is 11.7 Å². The molecule has 1 saturated heterocycles. The molecule has 1 fully saturated rings.